The number of sulfonamides is 1. The van der Waals surface area contributed by atoms with Gasteiger partial charge in [0.15, 0.2) is 0 Å². The van der Waals surface area contributed by atoms with E-state index in [1.54, 1.807) is 31.4 Å². The van der Waals surface area contributed by atoms with Crippen molar-refractivity contribution in [2.45, 2.75) is 24.7 Å². The Balaban J connectivity index is 1.67. The molecule has 2 saturated heterocycles. The molecule has 1 unspecified atom stereocenters. The highest BCUT2D eigenvalue weighted by Gasteiger charge is 2.35. The van der Waals surface area contributed by atoms with E-state index in [1.165, 1.54) is 4.31 Å². The molecule has 27 heavy (non-hydrogen) atoms. The Morgan fingerprint density at radius 1 is 1.11 bits per heavy atom. The Hall–Kier alpha value is -1.64. The molecular weight excluding hydrogens is 366 g/mol. The van der Waals surface area contributed by atoms with Crippen LogP contribution in [-0.2, 0) is 14.8 Å². The molecule has 3 rings (SSSR count). The second-order valence-corrected chi connectivity index (χ2v) is 9.08. The summed E-state index contributed by atoms with van der Waals surface area (Å²) in [6, 6.07) is 6.41. The third-order valence-electron chi connectivity index (χ3n) is 5.56. The third-order valence-corrected chi connectivity index (χ3v) is 7.44. The van der Waals surface area contributed by atoms with E-state index in [2.05, 4.69) is 11.8 Å². The van der Waals surface area contributed by atoms with Crippen molar-refractivity contribution in [1.82, 2.24) is 14.1 Å². The molecule has 1 aromatic rings. The van der Waals surface area contributed by atoms with E-state index in [0.29, 0.717) is 18.7 Å². The fourth-order valence-corrected chi connectivity index (χ4v) is 5.33. The Bertz CT molecular complexity index is 743. The molecule has 0 radical (unpaired) electrons. The summed E-state index contributed by atoms with van der Waals surface area (Å²) in [7, 11) is -2.05. The molecule has 0 bridgehead atoms. The van der Waals surface area contributed by atoms with Crippen molar-refractivity contribution >= 4 is 15.9 Å². The first-order valence-electron chi connectivity index (χ1n) is 9.61. The number of rotatable bonds is 5. The summed E-state index contributed by atoms with van der Waals surface area (Å²) in [5.41, 5.74) is 0. The highest BCUT2D eigenvalue weighted by Crippen LogP contribution is 2.26. The second kappa shape index (κ2) is 8.58. The van der Waals surface area contributed by atoms with Crippen molar-refractivity contribution in [2.75, 3.05) is 52.9 Å². The molecule has 1 atom stereocenters. The molecule has 1 amide bonds. The summed E-state index contributed by atoms with van der Waals surface area (Å²) < 4.78 is 32.5. The molecule has 0 aromatic heterocycles. The maximum Gasteiger partial charge on any atom is 0.243 e. The monoisotopic (exact) mass is 395 g/mol. The zero-order valence-corrected chi connectivity index (χ0v) is 17.0. The van der Waals surface area contributed by atoms with Gasteiger partial charge in [-0.05, 0) is 43.7 Å². The highest BCUT2D eigenvalue weighted by atomic mass is 32.2. The summed E-state index contributed by atoms with van der Waals surface area (Å²) in [5.74, 6) is 0.465. The largest absolute Gasteiger partial charge is 0.497 e. The van der Waals surface area contributed by atoms with Crippen LogP contribution in [0.4, 0.5) is 0 Å². The van der Waals surface area contributed by atoms with Crippen LogP contribution in [0.3, 0.4) is 0 Å². The Morgan fingerprint density at radius 3 is 2.37 bits per heavy atom. The van der Waals surface area contributed by atoms with Crippen molar-refractivity contribution < 1.29 is 17.9 Å². The third kappa shape index (κ3) is 4.44. The number of ether oxygens (including phenoxy) is 1. The molecule has 1 aromatic carbocycles. The van der Waals surface area contributed by atoms with Crippen LogP contribution in [0.2, 0.25) is 0 Å². The molecule has 0 aliphatic carbocycles. The molecule has 0 spiro atoms. The van der Waals surface area contributed by atoms with Gasteiger partial charge in [0, 0.05) is 39.3 Å². The van der Waals surface area contributed by atoms with Gasteiger partial charge in [0.25, 0.3) is 0 Å². The van der Waals surface area contributed by atoms with Crippen LogP contribution in [0.5, 0.6) is 5.75 Å². The summed E-state index contributed by atoms with van der Waals surface area (Å²) in [4.78, 5) is 17.4. The number of carbonyl (C=O) groups is 1. The number of piperidine rings is 1. The summed E-state index contributed by atoms with van der Waals surface area (Å²) in [6.07, 6.45) is 1.46. The van der Waals surface area contributed by atoms with E-state index in [-0.39, 0.29) is 23.3 Å². The van der Waals surface area contributed by atoms with E-state index in [0.717, 1.165) is 39.1 Å². The first-order valence-corrected chi connectivity index (χ1v) is 11.0. The Kier molecular flexibility index (Phi) is 6.39. The lowest BCUT2D eigenvalue weighted by Crippen LogP contribution is -2.52. The van der Waals surface area contributed by atoms with Gasteiger partial charge in [-0.25, -0.2) is 8.42 Å². The first-order chi connectivity index (χ1) is 13.0. The van der Waals surface area contributed by atoms with E-state index in [4.69, 9.17) is 4.74 Å². The SMILES string of the molecule is CCN1CCN(C(=O)C2CCCN(S(=O)(=O)c3ccc(OC)cc3)C2)CC1. The molecule has 2 heterocycles. The maximum atomic E-state index is 13.0. The first kappa shape index (κ1) is 20.1. The standard InChI is InChI=1S/C19H29N3O4S/c1-3-20-11-13-21(14-12-20)19(23)16-5-4-10-22(15-16)27(24,25)18-8-6-17(26-2)7-9-18/h6-9,16H,3-5,10-15H2,1-2H3. The maximum absolute atomic E-state index is 13.0. The zero-order valence-electron chi connectivity index (χ0n) is 16.1. The van der Waals surface area contributed by atoms with Crippen LogP contribution in [0, 0.1) is 5.92 Å². The van der Waals surface area contributed by atoms with Gasteiger partial charge in [0.1, 0.15) is 5.75 Å². The fourth-order valence-electron chi connectivity index (χ4n) is 3.80. The van der Waals surface area contributed by atoms with Crippen molar-refractivity contribution in [1.29, 1.82) is 0 Å². The minimum Gasteiger partial charge on any atom is -0.497 e. The number of amides is 1. The molecule has 150 valence electrons. The number of hydrogen-bond acceptors (Lipinski definition) is 5. The fraction of sp³-hybridized carbons (Fsp3) is 0.632. The minimum atomic E-state index is -3.60. The van der Waals surface area contributed by atoms with Crippen LogP contribution in [0.1, 0.15) is 19.8 Å². The predicted octanol–water partition coefficient (Wildman–Crippen LogP) is 1.26. The molecule has 2 aliphatic rings. The topological polar surface area (TPSA) is 70.2 Å². The van der Waals surface area contributed by atoms with Gasteiger partial charge in [0.2, 0.25) is 15.9 Å². The quantitative estimate of drug-likeness (QED) is 0.751. The lowest BCUT2D eigenvalue weighted by Gasteiger charge is -2.38. The molecular formula is C19H29N3O4S. The van der Waals surface area contributed by atoms with Crippen molar-refractivity contribution in [3.63, 3.8) is 0 Å². The van der Waals surface area contributed by atoms with Gasteiger partial charge in [-0.2, -0.15) is 4.31 Å². The van der Waals surface area contributed by atoms with Crippen LogP contribution in [0.15, 0.2) is 29.2 Å². The second-order valence-electron chi connectivity index (χ2n) is 7.14. The van der Waals surface area contributed by atoms with Crippen LogP contribution in [-0.4, -0.2) is 81.4 Å². The van der Waals surface area contributed by atoms with Gasteiger partial charge in [-0.15, -0.1) is 0 Å². The van der Waals surface area contributed by atoms with Crippen molar-refractivity contribution in [3.8, 4) is 5.75 Å². The van der Waals surface area contributed by atoms with E-state index in [1.807, 2.05) is 4.90 Å². The molecule has 0 N–H and O–H groups in total. The van der Waals surface area contributed by atoms with Gasteiger partial charge in [-0.3, -0.25) is 4.79 Å². The number of nitrogens with zero attached hydrogens (tertiary/aromatic N) is 3. The van der Waals surface area contributed by atoms with E-state index in [9.17, 15) is 13.2 Å². The summed E-state index contributed by atoms with van der Waals surface area (Å²) in [6.45, 7) is 7.09. The molecule has 8 heteroatoms. The number of carbonyl (C=O) groups excluding carboxylic acids is 1. The minimum absolute atomic E-state index is 0.0976. The highest BCUT2D eigenvalue weighted by molar-refractivity contribution is 7.89. The number of piperazine rings is 1. The normalized spacial score (nSPS) is 22.6. The number of hydrogen-bond donors (Lipinski definition) is 0. The Labute approximate surface area is 161 Å². The Morgan fingerprint density at radius 2 is 1.78 bits per heavy atom. The van der Waals surface area contributed by atoms with Crippen molar-refractivity contribution in [3.05, 3.63) is 24.3 Å². The average molecular weight is 396 g/mol. The zero-order chi connectivity index (χ0) is 19.4. The number of benzene rings is 1. The van der Waals surface area contributed by atoms with E-state index >= 15 is 0 Å². The number of methoxy groups -OCH3 is 1. The molecule has 7 nitrogen and oxygen atoms in total. The van der Waals surface area contributed by atoms with Gasteiger partial charge in [-0.1, -0.05) is 6.92 Å². The van der Waals surface area contributed by atoms with E-state index < -0.39 is 10.0 Å². The number of likely N-dealkylation sites (N-methyl/N-ethyl adjacent to an activating group) is 1. The van der Waals surface area contributed by atoms with Crippen LogP contribution >= 0.6 is 0 Å². The summed E-state index contributed by atoms with van der Waals surface area (Å²) in [5, 5.41) is 0. The molecule has 0 saturated carbocycles. The van der Waals surface area contributed by atoms with Gasteiger partial charge < -0.3 is 14.5 Å². The van der Waals surface area contributed by atoms with Gasteiger partial charge >= 0.3 is 0 Å². The smallest absolute Gasteiger partial charge is 0.243 e. The lowest BCUT2D eigenvalue weighted by atomic mass is 9.98. The summed E-state index contributed by atoms with van der Waals surface area (Å²) >= 11 is 0. The van der Waals surface area contributed by atoms with Crippen LogP contribution in [0.25, 0.3) is 0 Å². The van der Waals surface area contributed by atoms with Crippen molar-refractivity contribution in [2.24, 2.45) is 5.92 Å². The molecule has 2 aliphatic heterocycles. The predicted molar refractivity (Wildman–Crippen MR) is 103 cm³/mol. The van der Waals surface area contributed by atoms with Gasteiger partial charge in [0.05, 0.1) is 17.9 Å². The average Bonchev–Trinajstić information content (AvgIpc) is 2.73. The van der Waals surface area contributed by atoms with Crippen LogP contribution < -0.4 is 4.74 Å². The molecule has 2 fully saturated rings. The lowest BCUT2D eigenvalue weighted by molar-refractivity contribution is -0.138.